The Morgan fingerprint density at radius 3 is 2.68 bits per heavy atom. The Kier molecular flexibility index (Phi) is 9.11. The van der Waals surface area contributed by atoms with E-state index in [1.165, 1.54) is 9.87 Å². The third-order valence-electron chi connectivity index (χ3n) is 5.90. The maximum absolute atomic E-state index is 13.5. The van der Waals surface area contributed by atoms with Gasteiger partial charge in [-0.25, -0.2) is 8.42 Å². The Balaban J connectivity index is 1.97. The summed E-state index contributed by atoms with van der Waals surface area (Å²) in [6, 6.07) is 14.5. The second kappa shape index (κ2) is 11.8. The number of ether oxygens (including phenoxy) is 2. The van der Waals surface area contributed by atoms with Crippen molar-refractivity contribution >= 4 is 10.0 Å². The largest absolute Gasteiger partial charge is 0.487 e. The van der Waals surface area contributed by atoms with Crippen LogP contribution in [0.3, 0.4) is 0 Å². The van der Waals surface area contributed by atoms with E-state index >= 15 is 0 Å². The second-order valence-corrected chi connectivity index (χ2v) is 10.7. The minimum atomic E-state index is -3.87. The lowest BCUT2D eigenvalue weighted by molar-refractivity contribution is 0.0733. The number of aliphatic hydroxyl groups excluding tert-OH is 1. The van der Waals surface area contributed by atoms with Crippen molar-refractivity contribution in [3.05, 3.63) is 59.7 Å². The highest BCUT2D eigenvalue weighted by atomic mass is 32.2. The van der Waals surface area contributed by atoms with Crippen LogP contribution in [0.2, 0.25) is 0 Å². The zero-order chi connectivity index (χ0) is 24.7. The van der Waals surface area contributed by atoms with Crippen LogP contribution in [0.5, 0.6) is 5.75 Å². The lowest BCUT2D eigenvalue weighted by atomic mass is 10.0. The van der Waals surface area contributed by atoms with E-state index in [2.05, 4.69) is 28.9 Å². The van der Waals surface area contributed by atoms with Gasteiger partial charge in [-0.05, 0) is 37.7 Å². The Morgan fingerprint density at radius 1 is 1.26 bits per heavy atom. The fraction of sp³-hybridized carbons (Fsp3) is 0.462. The van der Waals surface area contributed by atoms with E-state index in [1.54, 1.807) is 32.2 Å². The maximum Gasteiger partial charge on any atom is 0.247 e. The zero-order valence-corrected chi connectivity index (χ0v) is 21.1. The molecule has 0 unspecified atom stereocenters. The van der Waals surface area contributed by atoms with Gasteiger partial charge in [-0.2, -0.15) is 4.31 Å². The predicted molar refractivity (Wildman–Crippen MR) is 132 cm³/mol. The molecule has 184 valence electrons. The molecule has 1 heterocycles. The van der Waals surface area contributed by atoms with Crippen LogP contribution >= 0.6 is 0 Å². The minimum Gasteiger partial charge on any atom is -0.487 e. The SMILES string of the molecule is COCC#Cc1ccc2c(c1)O[C@H](CN(C)Cc1ccccc1)[C@H](C)CN([C@@H](C)CO)S2(=O)=O. The molecule has 2 aromatic rings. The maximum atomic E-state index is 13.5. The highest BCUT2D eigenvalue weighted by Gasteiger charge is 2.38. The van der Waals surface area contributed by atoms with Crippen LogP contribution < -0.4 is 4.74 Å². The second-order valence-electron chi connectivity index (χ2n) is 8.82. The van der Waals surface area contributed by atoms with Gasteiger partial charge in [0.25, 0.3) is 0 Å². The number of benzene rings is 2. The van der Waals surface area contributed by atoms with Crippen LogP contribution in [0.4, 0.5) is 0 Å². The molecule has 0 saturated carbocycles. The van der Waals surface area contributed by atoms with E-state index in [0.717, 1.165) is 6.54 Å². The molecule has 0 radical (unpaired) electrons. The number of nitrogens with zero attached hydrogens (tertiary/aromatic N) is 2. The van der Waals surface area contributed by atoms with E-state index in [9.17, 15) is 13.5 Å². The van der Waals surface area contributed by atoms with Gasteiger partial charge >= 0.3 is 0 Å². The standard InChI is InChI=1S/C26H34N2O5S/c1-20-16-28(21(2)19-29)34(30,31)26-13-12-22(11-8-14-32-4)15-24(26)33-25(20)18-27(3)17-23-9-6-5-7-10-23/h5-7,9-10,12-13,15,20-21,25,29H,14,16-19H2,1-4H3/t20-,21+,25-/m1/s1. The lowest BCUT2D eigenvalue weighted by Gasteiger charge is -2.37. The molecule has 1 N–H and O–H groups in total. The van der Waals surface area contributed by atoms with Gasteiger partial charge in [0.2, 0.25) is 10.0 Å². The summed E-state index contributed by atoms with van der Waals surface area (Å²) in [6.07, 6.45) is -0.265. The molecule has 0 aromatic heterocycles. The average molecular weight is 487 g/mol. The number of likely N-dealkylation sites (N-methyl/N-ethyl adjacent to an activating group) is 1. The predicted octanol–water partition coefficient (Wildman–Crippen LogP) is 2.59. The number of fused-ring (bicyclic) bond motifs is 1. The summed E-state index contributed by atoms with van der Waals surface area (Å²) in [5, 5.41) is 9.78. The first-order valence-corrected chi connectivity index (χ1v) is 12.8. The quantitative estimate of drug-likeness (QED) is 0.606. The average Bonchev–Trinajstić information content (AvgIpc) is 2.81. The Hall–Kier alpha value is -2.41. The molecule has 1 aliphatic heterocycles. The van der Waals surface area contributed by atoms with Crippen molar-refractivity contribution < 1.29 is 23.0 Å². The van der Waals surface area contributed by atoms with E-state index < -0.39 is 16.1 Å². The Morgan fingerprint density at radius 2 is 2.00 bits per heavy atom. The molecule has 3 atom stereocenters. The molecule has 0 fully saturated rings. The molecule has 0 saturated heterocycles. The van der Waals surface area contributed by atoms with Crippen LogP contribution in [-0.4, -0.2) is 75.3 Å². The van der Waals surface area contributed by atoms with Crippen LogP contribution in [0.15, 0.2) is 53.4 Å². The first-order chi connectivity index (χ1) is 16.3. The molecule has 0 amide bonds. The van der Waals surface area contributed by atoms with E-state index in [4.69, 9.17) is 9.47 Å². The molecule has 2 aromatic carbocycles. The lowest BCUT2D eigenvalue weighted by Crippen LogP contribution is -2.49. The van der Waals surface area contributed by atoms with Crippen molar-refractivity contribution in [1.82, 2.24) is 9.21 Å². The van der Waals surface area contributed by atoms with Crippen molar-refractivity contribution in [3.63, 3.8) is 0 Å². The molecular weight excluding hydrogens is 452 g/mol. The number of methoxy groups -OCH3 is 1. The Bertz CT molecular complexity index is 1110. The van der Waals surface area contributed by atoms with Gasteiger partial charge in [0.1, 0.15) is 23.4 Å². The summed E-state index contributed by atoms with van der Waals surface area (Å²) in [6.45, 7) is 5.33. The van der Waals surface area contributed by atoms with E-state index in [1.807, 2.05) is 32.2 Å². The molecular formula is C26H34N2O5S. The number of rotatable bonds is 7. The van der Waals surface area contributed by atoms with Crippen molar-refractivity contribution in [2.45, 2.75) is 37.4 Å². The highest BCUT2D eigenvalue weighted by Crippen LogP contribution is 2.34. The summed E-state index contributed by atoms with van der Waals surface area (Å²) in [7, 11) is -0.270. The molecule has 7 nitrogen and oxygen atoms in total. The van der Waals surface area contributed by atoms with Gasteiger partial charge in [0.05, 0.1) is 6.61 Å². The van der Waals surface area contributed by atoms with Crippen molar-refractivity contribution in [1.29, 1.82) is 0 Å². The van der Waals surface area contributed by atoms with Crippen molar-refractivity contribution in [2.75, 3.05) is 40.5 Å². The topological polar surface area (TPSA) is 79.3 Å². The molecule has 0 bridgehead atoms. The fourth-order valence-corrected chi connectivity index (χ4v) is 5.82. The normalized spacial score (nSPS) is 20.9. The summed E-state index contributed by atoms with van der Waals surface area (Å²) in [4.78, 5) is 2.27. The van der Waals surface area contributed by atoms with Crippen molar-refractivity contribution in [3.8, 4) is 17.6 Å². The summed E-state index contributed by atoms with van der Waals surface area (Å²) in [5.74, 6) is 6.05. The van der Waals surface area contributed by atoms with Gasteiger partial charge in [0, 0.05) is 44.3 Å². The van der Waals surface area contributed by atoms with Gasteiger partial charge < -0.3 is 14.6 Å². The van der Waals surface area contributed by atoms with Gasteiger partial charge in [-0.1, -0.05) is 49.1 Å². The summed E-state index contributed by atoms with van der Waals surface area (Å²) in [5.41, 5.74) is 1.84. The van der Waals surface area contributed by atoms with Gasteiger partial charge in [-0.15, -0.1) is 0 Å². The first-order valence-electron chi connectivity index (χ1n) is 11.4. The zero-order valence-electron chi connectivity index (χ0n) is 20.3. The molecule has 8 heteroatoms. The monoisotopic (exact) mass is 486 g/mol. The Labute approximate surface area is 203 Å². The minimum absolute atomic E-state index is 0.0905. The molecule has 0 aliphatic carbocycles. The third-order valence-corrected chi connectivity index (χ3v) is 7.92. The van der Waals surface area contributed by atoms with Crippen LogP contribution in [0.25, 0.3) is 0 Å². The number of hydrogen-bond acceptors (Lipinski definition) is 6. The smallest absolute Gasteiger partial charge is 0.247 e. The summed E-state index contributed by atoms with van der Waals surface area (Å²) >= 11 is 0. The van der Waals surface area contributed by atoms with E-state index in [0.29, 0.717) is 12.1 Å². The van der Waals surface area contributed by atoms with Gasteiger partial charge in [0.15, 0.2) is 0 Å². The summed E-state index contributed by atoms with van der Waals surface area (Å²) < 4.78 is 39.8. The van der Waals surface area contributed by atoms with Crippen LogP contribution in [0.1, 0.15) is 25.0 Å². The highest BCUT2D eigenvalue weighted by molar-refractivity contribution is 7.89. The molecule has 0 spiro atoms. The van der Waals surface area contributed by atoms with E-state index in [-0.39, 0.29) is 42.4 Å². The third kappa shape index (κ3) is 6.38. The van der Waals surface area contributed by atoms with Gasteiger partial charge in [-0.3, -0.25) is 4.90 Å². The molecule has 34 heavy (non-hydrogen) atoms. The fourth-order valence-electron chi connectivity index (χ4n) is 4.00. The van der Waals surface area contributed by atoms with Crippen LogP contribution in [-0.2, 0) is 21.3 Å². The molecule has 1 aliphatic rings. The number of aliphatic hydroxyl groups is 1. The first kappa shape index (κ1) is 26.2. The van der Waals surface area contributed by atoms with Crippen molar-refractivity contribution in [2.24, 2.45) is 5.92 Å². The number of hydrogen-bond donors (Lipinski definition) is 1. The number of sulfonamides is 1. The molecule has 3 rings (SSSR count). The van der Waals surface area contributed by atoms with Crippen LogP contribution in [0, 0.1) is 17.8 Å².